The summed E-state index contributed by atoms with van der Waals surface area (Å²) in [5, 5.41) is 6.32. The SMILES string of the molecule is C=CCNC(=O)[C@@H](Cc1ccccc1)N1CC2=C(C1=O)[C@H](c1ccc(Cl)cc1)NC(=O)N2CC=C. The Morgan fingerprint density at radius 2 is 1.83 bits per heavy atom. The van der Waals surface area contributed by atoms with Crippen LogP contribution in [0.3, 0.4) is 0 Å². The van der Waals surface area contributed by atoms with Gasteiger partial charge >= 0.3 is 6.03 Å². The Bertz CT molecular complexity index is 1180. The summed E-state index contributed by atoms with van der Waals surface area (Å²) in [4.78, 5) is 43.2. The number of halogens is 1. The molecule has 2 aromatic rings. The predicted octanol–water partition coefficient (Wildman–Crippen LogP) is 3.60. The van der Waals surface area contributed by atoms with Crippen LogP contribution >= 0.6 is 11.6 Å². The number of carbonyl (C=O) groups excluding carboxylic acids is 3. The molecule has 2 aliphatic rings. The molecule has 0 aromatic heterocycles. The summed E-state index contributed by atoms with van der Waals surface area (Å²) < 4.78 is 0. The second-order valence-corrected chi connectivity index (χ2v) is 8.80. The second-order valence-electron chi connectivity index (χ2n) is 8.37. The first-order valence-corrected chi connectivity index (χ1v) is 11.7. The molecule has 2 heterocycles. The lowest BCUT2D eigenvalue weighted by atomic mass is 9.95. The van der Waals surface area contributed by atoms with E-state index >= 15 is 0 Å². The maximum atomic E-state index is 13.9. The van der Waals surface area contributed by atoms with E-state index in [-0.39, 0.29) is 37.5 Å². The first-order valence-electron chi connectivity index (χ1n) is 11.4. The lowest BCUT2D eigenvalue weighted by Crippen LogP contribution is -2.50. The number of hydrogen-bond donors (Lipinski definition) is 2. The Labute approximate surface area is 209 Å². The average molecular weight is 491 g/mol. The van der Waals surface area contributed by atoms with Gasteiger partial charge in [-0.2, -0.15) is 0 Å². The van der Waals surface area contributed by atoms with E-state index in [1.54, 1.807) is 41.3 Å². The van der Waals surface area contributed by atoms with Gasteiger partial charge in [0.2, 0.25) is 5.91 Å². The normalized spacial score (nSPS) is 18.1. The minimum absolute atomic E-state index is 0.137. The molecule has 2 atom stereocenters. The first kappa shape index (κ1) is 24.3. The van der Waals surface area contributed by atoms with E-state index in [1.807, 2.05) is 30.3 Å². The van der Waals surface area contributed by atoms with Gasteiger partial charge < -0.3 is 15.5 Å². The fraction of sp³-hybridized carbons (Fsp3) is 0.222. The largest absolute Gasteiger partial charge is 0.351 e. The summed E-state index contributed by atoms with van der Waals surface area (Å²) in [6.07, 6.45) is 3.54. The molecular weight excluding hydrogens is 464 g/mol. The molecule has 4 amide bonds. The lowest BCUT2D eigenvalue weighted by Gasteiger charge is -2.33. The monoisotopic (exact) mass is 490 g/mol. The van der Waals surface area contributed by atoms with Crippen molar-refractivity contribution in [2.45, 2.75) is 18.5 Å². The van der Waals surface area contributed by atoms with Gasteiger partial charge in [-0.05, 0) is 23.3 Å². The van der Waals surface area contributed by atoms with Crippen molar-refractivity contribution in [3.05, 3.63) is 107 Å². The van der Waals surface area contributed by atoms with E-state index in [2.05, 4.69) is 23.8 Å². The van der Waals surface area contributed by atoms with Gasteiger partial charge in [0.05, 0.1) is 23.9 Å². The van der Waals surface area contributed by atoms with Crippen LogP contribution in [0.1, 0.15) is 17.2 Å². The van der Waals surface area contributed by atoms with Crippen molar-refractivity contribution in [1.82, 2.24) is 20.4 Å². The molecule has 0 saturated carbocycles. The molecule has 2 aliphatic heterocycles. The topological polar surface area (TPSA) is 81.8 Å². The number of rotatable bonds is 9. The van der Waals surface area contributed by atoms with E-state index in [0.29, 0.717) is 22.7 Å². The van der Waals surface area contributed by atoms with Gasteiger partial charge in [-0.25, -0.2) is 4.79 Å². The van der Waals surface area contributed by atoms with Crippen LogP contribution in [0.2, 0.25) is 5.02 Å². The van der Waals surface area contributed by atoms with Crippen molar-refractivity contribution >= 4 is 29.4 Å². The molecule has 4 rings (SSSR count). The van der Waals surface area contributed by atoms with E-state index < -0.39 is 12.1 Å². The maximum Gasteiger partial charge on any atom is 0.322 e. The van der Waals surface area contributed by atoms with Crippen molar-refractivity contribution in [2.24, 2.45) is 0 Å². The van der Waals surface area contributed by atoms with Crippen LogP contribution in [-0.4, -0.2) is 53.3 Å². The Morgan fingerprint density at radius 3 is 2.49 bits per heavy atom. The highest BCUT2D eigenvalue weighted by Gasteiger charge is 2.46. The molecule has 2 aromatic carbocycles. The number of nitrogens with zero attached hydrogens (tertiary/aromatic N) is 2. The average Bonchev–Trinajstić information content (AvgIpc) is 3.20. The fourth-order valence-corrected chi connectivity index (χ4v) is 4.59. The molecule has 8 heteroatoms. The molecular formula is C27H27ClN4O3. The molecule has 0 unspecified atom stereocenters. The van der Waals surface area contributed by atoms with E-state index in [1.165, 1.54) is 4.90 Å². The maximum absolute atomic E-state index is 13.9. The standard InChI is InChI=1S/C27H27ClN4O3/c1-3-14-29-25(33)21(16-18-8-6-5-7-9-18)32-17-22-23(26(32)34)24(19-10-12-20(28)13-11-19)30-27(35)31(22)15-4-2/h3-13,21,24H,1-2,14-17H2,(H,29,33)(H,30,35)/t21-,24+/m1/s1. The van der Waals surface area contributed by atoms with Gasteiger partial charge in [0.25, 0.3) is 5.91 Å². The van der Waals surface area contributed by atoms with Crippen molar-refractivity contribution in [3.63, 3.8) is 0 Å². The van der Waals surface area contributed by atoms with Crippen molar-refractivity contribution < 1.29 is 14.4 Å². The van der Waals surface area contributed by atoms with Gasteiger partial charge in [-0.3, -0.25) is 14.5 Å². The van der Waals surface area contributed by atoms with Crippen LogP contribution in [0.4, 0.5) is 4.79 Å². The summed E-state index contributed by atoms with van der Waals surface area (Å²) in [7, 11) is 0. The third-order valence-electron chi connectivity index (χ3n) is 6.14. The van der Waals surface area contributed by atoms with E-state index in [0.717, 1.165) is 11.1 Å². The number of amides is 4. The Kier molecular flexibility index (Phi) is 7.36. The molecule has 0 radical (unpaired) electrons. The minimum atomic E-state index is -0.762. The van der Waals surface area contributed by atoms with Gasteiger partial charge in [0.15, 0.2) is 0 Å². The summed E-state index contributed by atoms with van der Waals surface area (Å²) in [5.41, 5.74) is 2.69. The van der Waals surface area contributed by atoms with Crippen molar-refractivity contribution in [1.29, 1.82) is 0 Å². The van der Waals surface area contributed by atoms with Crippen LogP contribution < -0.4 is 10.6 Å². The number of nitrogens with one attached hydrogen (secondary N) is 2. The predicted molar refractivity (Wildman–Crippen MR) is 136 cm³/mol. The summed E-state index contributed by atoms with van der Waals surface area (Å²) in [6, 6.07) is 14.8. The molecule has 0 fully saturated rings. The van der Waals surface area contributed by atoms with Crippen molar-refractivity contribution in [2.75, 3.05) is 19.6 Å². The minimum Gasteiger partial charge on any atom is -0.351 e. The zero-order valence-corrected chi connectivity index (χ0v) is 20.0. The number of benzene rings is 2. The Morgan fingerprint density at radius 1 is 1.11 bits per heavy atom. The Hall–Kier alpha value is -3.84. The molecule has 35 heavy (non-hydrogen) atoms. The summed E-state index contributed by atoms with van der Waals surface area (Å²) >= 11 is 6.06. The summed E-state index contributed by atoms with van der Waals surface area (Å²) in [6.45, 7) is 8.08. The quantitative estimate of drug-likeness (QED) is 0.527. The van der Waals surface area contributed by atoms with Gasteiger partial charge in [-0.15, -0.1) is 13.2 Å². The fourth-order valence-electron chi connectivity index (χ4n) is 4.46. The van der Waals surface area contributed by atoms with Gasteiger partial charge in [-0.1, -0.05) is 66.2 Å². The molecule has 7 nitrogen and oxygen atoms in total. The molecule has 180 valence electrons. The molecule has 0 saturated heterocycles. The molecule has 2 N–H and O–H groups in total. The highest BCUT2D eigenvalue weighted by atomic mass is 35.5. The Balaban J connectivity index is 1.73. The van der Waals surface area contributed by atoms with Crippen LogP contribution in [0.25, 0.3) is 0 Å². The van der Waals surface area contributed by atoms with Gasteiger partial charge in [0.1, 0.15) is 6.04 Å². The van der Waals surface area contributed by atoms with Gasteiger partial charge in [0, 0.05) is 24.5 Å². The zero-order valence-electron chi connectivity index (χ0n) is 19.2. The van der Waals surface area contributed by atoms with Crippen LogP contribution in [0.15, 0.2) is 91.2 Å². The molecule has 0 spiro atoms. The highest BCUT2D eigenvalue weighted by molar-refractivity contribution is 6.30. The second kappa shape index (κ2) is 10.6. The van der Waals surface area contributed by atoms with Crippen molar-refractivity contribution in [3.8, 4) is 0 Å². The van der Waals surface area contributed by atoms with Crippen LogP contribution in [0.5, 0.6) is 0 Å². The highest BCUT2D eigenvalue weighted by Crippen LogP contribution is 2.37. The number of carbonyl (C=O) groups is 3. The first-order chi connectivity index (χ1) is 16.9. The molecule has 0 aliphatic carbocycles. The molecule has 0 bridgehead atoms. The summed E-state index contributed by atoms with van der Waals surface area (Å²) in [5.74, 6) is -0.566. The smallest absolute Gasteiger partial charge is 0.322 e. The van der Waals surface area contributed by atoms with E-state index in [4.69, 9.17) is 11.6 Å². The number of hydrogen-bond acceptors (Lipinski definition) is 3. The third kappa shape index (κ3) is 5.00. The van der Waals surface area contributed by atoms with Crippen LogP contribution in [0, 0.1) is 0 Å². The van der Waals surface area contributed by atoms with Crippen LogP contribution in [-0.2, 0) is 16.0 Å². The van der Waals surface area contributed by atoms with E-state index in [9.17, 15) is 14.4 Å². The lowest BCUT2D eigenvalue weighted by molar-refractivity contribution is -0.136. The third-order valence-corrected chi connectivity index (χ3v) is 6.39. The number of urea groups is 1. The zero-order chi connectivity index (χ0) is 24.9.